The van der Waals surface area contributed by atoms with E-state index < -0.39 is 0 Å². The molecule has 25 heavy (non-hydrogen) atoms. The van der Waals surface area contributed by atoms with Gasteiger partial charge in [-0.3, -0.25) is 0 Å². The Bertz CT molecular complexity index is 759. The van der Waals surface area contributed by atoms with Crippen LogP contribution in [0.3, 0.4) is 0 Å². The number of benzene rings is 1. The highest BCUT2D eigenvalue weighted by atomic mass is 16.7. The molecular formula is C18H24N4O3. The number of aromatic nitrogens is 3. The first-order valence-electron chi connectivity index (χ1n) is 8.88. The highest BCUT2D eigenvalue weighted by Crippen LogP contribution is 2.41. The van der Waals surface area contributed by atoms with Crippen molar-refractivity contribution in [3.63, 3.8) is 0 Å². The number of rotatable bonds is 5. The zero-order chi connectivity index (χ0) is 17.2. The molecule has 1 aromatic heterocycles. The van der Waals surface area contributed by atoms with Gasteiger partial charge in [-0.2, -0.15) is 0 Å². The van der Waals surface area contributed by atoms with Crippen LogP contribution in [0.5, 0.6) is 17.2 Å². The topological polar surface area (TPSA) is 70.4 Å². The molecule has 0 spiro atoms. The lowest BCUT2D eigenvalue weighted by Gasteiger charge is -2.16. The maximum Gasteiger partial charge on any atom is 0.231 e. The Hall–Kier alpha value is -2.28. The SMILES string of the molecule is COc1cc(CNC(C)c2nnc3n2CCCCC3)cc2c1OCO2. The van der Waals surface area contributed by atoms with E-state index in [-0.39, 0.29) is 12.8 Å². The number of hydrogen-bond acceptors (Lipinski definition) is 6. The largest absolute Gasteiger partial charge is 0.493 e. The van der Waals surface area contributed by atoms with Crippen LogP contribution in [0, 0.1) is 0 Å². The van der Waals surface area contributed by atoms with Gasteiger partial charge in [-0.1, -0.05) is 6.42 Å². The van der Waals surface area contributed by atoms with Gasteiger partial charge in [0.1, 0.15) is 11.6 Å². The Morgan fingerprint density at radius 2 is 2.16 bits per heavy atom. The number of nitrogens with zero attached hydrogens (tertiary/aromatic N) is 3. The van der Waals surface area contributed by atoms with Crippen LogP contribution in [-0.4, -0.2) is 28.7 Å². The molecular weight excluding hydrogens is 320 g/mol. The van der Waals surface area contributed by atoms with E-state index in [4.69, 9.17) is 14.2 Å². The molecule has 134 valence electrons. The fraction of sp³-hybridized carbons (Fsp3) is 0.556. The number of methoxy groups -OCH3 is 1. The minimum atomic E-state index is 0.121. The quantitative estimate of drug-likeness (QED) is 0.899. The van der Waals surface area contributed by atoms with Gasteiger partial charge in [0.15, 0.2) is 11.5 Å². The molecule has 0 saturated carbocycles. The molecule has 0 amide bonds. The number of ether oxygens (including phenoxy) is 3. The average Bonchev–Trinajstić information content (AvgIpc) is 3.20. The normalized spacial score (nSPS) is 17.0. The Labute approximate surface area is 147 Å². The maximum atomic E-state index is 5.49. The molecule has 4 rings (SSSR count). The van der Waals surface area contributed by atoms with E-state index in [0.29, 0.717) is 18.0 Å². The van der Waals surface area contributed by atoms with Crippen LogP contribution in [0.25, 0.3) is 0 Å². The summed E-state index contributed by atoms with van der Waals surface area (Å²) in [6.45, 7) is 4.08. The Morgan fingerprint density at radius 3 is 3.04 bits per heavy atom. The third kappa shape index (κ3) is 3.16. The standard InChI is InChI=1S/C18H24N4O3/c1-12(18-21-20-16-6-4-3-5-7-22(16)18)19-10-13-8-14(23-2)17-15(9-13)24-11-25-17/h8-9,12,19H,3-7,10-11H2,1-2H3. The lowest BCUT2D eigenvalue weighted by molar-refractivity contribution is 0.171. The first kappa shape index (κ1) is 16.2. The first-order valence-corrected chi connectivity index (χ1v) is 8.88. The molecule has 2 aliphatic rings. The first-order chi connectivity index (χ1) is 12.3. The van der Waals surface area contributed by atoms with E-state index in [1.165, 1.54) is 19.3 Å². The van der Waals surface area contributed by atoms with E-state index in [2.05, 4.69) is 27.0 Å². The second kappa shape index (κ2) is 6.92. The van der Waals surface area contributed by atoms with Crippen LogP contribution in [0.1, 0.15) is 49.4 Å². The lowest BCUT2D eigenvalue weighted by atomic mass is 10.1. The van der Waals surface area contributed by atoms with Gasteiger partial charge in [0.05, 0.1) is 13.2 Å². The summed E-state index contributed by atoms with van der Waals surface area (Å²) in [5.74, 6) is 4.26. The van der Waals surface area contributed by atoms with Crippen LogP contribution in [0.4, 0.5) is 0 Å². The summed E-state index contributed by atoms with van der Waals surface area (Å²) in [7, 11) is 1.64. The Morgan fingerprint density at radius 1 is 1.24 bits per heavy atom. The van der Waals surface area contributed by atoms with Crippen molar-refractivity contribution < 1.29 is 14.2 Å². The van der Waals surface area contributed by atoms with Gasteiger partial charge in [-0.15, -0.1) is 10.2 Å². The van der Waals surface area contributed by atoms with Crippen molar-refractivity contribution in [3.05, 3.63) is 29.3 Å². The zero-order valence-electron chi connectivity index (χ0n) is 14.7. The number of fused-ring (bicyclic) bond motifs is 2. The van der Waals surface area contributed by atoms with Crippen molar-refractivity contribution in [1.29, 1.82) is 0 Å². The Balaban J connectivity index is 1.48. The highest BCUT2D eigenvalue weighted by molar-refractivity contribution is 5.55. The molecule has 0 fully saturated rings. The molecule has 1 aromatic carbocycles. The van der Waals surface area contributed by atoms with E-state index in [9.17, 15) is 0 Å². The van der Waals surface area contributed by atoms with Gasteiger partial charge in [-0.05, 0) is 37.5 Å². The van der Waals surface area contributed by atoms with Crippen molar-refractivity contribution >= 4 is 0 Å². The molecule has 0 radical (unpaired) electrons. The third-order valence-electron chi connectivity index (χ3n) is 4.86. The predicted octanol–water partition coefficient (Wildman–Crippen LogP) is 2.59. The lowest BCUT2D eigenvalue weighted by Crippen LogP contribution is -2.22. The molecule has 1 unspecified atom stereocenters. The predicted molar refractivity (Wildman–Crippen MR) is 91.9 cm³/mol. The molecule has 0 saturated heterocycles. The fourth-order valence-corrected chi connectivity index (χ4v) is 3.48. The molecule has 0 bridgehead atoms. The number of hydrogen-bond donors (Lipinski definition) is 1. The van der Waals surface area contributed by atoms with Gasteiger partial charge in [0, 0.05) is 19.5 Å². The van der Waals surface area contributed by atoms with Crippen LogP contribution >= 0.6 is 0 Å². The van der Waals surface area contributed by atoms with E-state index in [0.717, 1.165) is 35.9 Å². The second-order valence-electron chi connectivity index (χ2n) is 6.57. The van der Waals surface area contributed by atoms with Gasteiger partial charge < -0.3 is 24.1 Å². The van der Waals surface area contributed by atoms with Crippen LogP contribution in [0.15, 0.2) is 12.1 Å². The van der Waals surface area contributed by atoms with Crippen molar-refractivity contribution in [2.24, 2.45) is 0 Å². The van der Waals surface area contributed by atoms with E-state index in [1.807, 2.05) is 12.1 Å². The van der Waals surface area contributed by atoms with E-state index >= 15 is 0 Å². The molecule has 2 aliphatic heterocycles. The van der Waals surface area contributed by atoms with Gasteiger partial charge in [-0.25, -0.2) is 0 Å². The zero-order valence-corrected chi connectivity index (χ0v) is 14.7. The monoisotopic (exact) mass is 344 g/mol. The van der Waals surface area contributed by atoms with Crippen LogP contribution in [-0.2, 0) is 19.5 Å². The highest BCUT2D eigenvalue weighted by Gasteiger charge is 2.22. The van der Waals surface area contributed by atoms with E-state index in [1.54, 1.807) is 7.11 Å². The molecule has 7 heteroatoms. The minimum Gasteiger partial charge on any atom is -0.493 e. The summed E-state index contributed by atoms with van der Waals surface area (Å²) in [5, 5.41) is 12.3. The summed E-state index contributed by atoms with van der Waals surface area (Å²) < 4.78 is 18.6. The molecule has 3 heterocycles. The summed E-state index contributed by atoms with van der Waals surface area (Å²) in [6, 6.07) is 4.10. The minimum absolute atomic E-state index is 0.121. The van der Waals surface area contributed by atoms with Gasteiger partial charge in [0.2, 0.25) is 12.5 Å². The van der Waals surface area contributed by atoms with Crippen molar-refractivity contribution in [1.82, 2.24) is 20.1 Å². The smallest absolute Gasteiger partial charge is 0.231 e. The van der Waals surface area contributed by atoms with Gasteiger partial charge >= 0.3 is 0 Å². The summed E-state index contributed by atoms with van der Waals surface area (Å²) >= 11 is 0. The summed E-state index contributed by atoms with van der Waals surface area (Å²) in [5.41, 5.74) is 1.09. The van der Waals surface area contributed by atoms with Gasteiger partial charge in [0.25, 0.3) is 0 Å². The molecule has 1 N–H and O–H groups in total. The second-order valence-corrected chi connectivity index (χ2v) is 6.57. The average molecular weight is 344 g/mol. The Kier molecular flexibility index (Phi) is 4.48. The molecule has 7 nitrogen and oxygen atoms in total. The van der Waals surface area contributed by atoms with Crippen LogP contribution in [0.2, 0.25) is 0 Å². The van der Waals surface area contributed by atoms with Crippen molar-refractivity contribution in [2.75, 3.05) is 13.9 Å². The van der Waals surface area contributed by atoms with Crippen molar-refractivity contribution in [3.8, 4) is 17.2 Å². The molecule has 2 aromatic rings. The van der Waals surface area contributed by atoms with Crippen LogP contribution < -0.4 is 19.5 Å². The summed E-state index contributed by atoms with van der Waals surface area (Å²) in [6.07, 6.45) is 4.70. The number of aryl methyl sites for hydroxylation is 1. The maximum absolute atomic E-state index is 5.49. The third-order valence-corrected chi connectivity index (χ3v) is 4.86. The molecule has 0 aliphatic carbocycles. The number of nitrogens with one attached hydrogen (secondary N) is 1. The molecule has 1 atom stereocenters. The van der Waals surface area contributed by atoms with Crippen molar-refractivity contribution in [2.45, 2.75) is 51.7 Å². The summed E-state index contributed by atoms with van der Waals surface area (Å²) in [4.78, 5) is 0. The fourth-order valence-electron chi connectivity index (χ4n) is 3.48.